The van der Waals surface area contributed by atoms with Crippen molar-refractivity contribution in [2.75, 3.05) is 0 Å². The minimum Gasteiger partial charge on any atom is -1.00 e. The molecule has 0 heterocycles. The first kappa shape index (κ1) is 185. The number of halogens is 2. The number of isothiocyanates is 1. The fourth-order valence-electron chi connectivity index (χ4n) is 0. The number of nitrogens with zero attached hydrogens (tertiary/aromatic N) is 1. The molecule has 0 rings (SSSR count). The molecule has 0 radical (unpaired) electrons. The molecule has 0 atom stereocenters. The van der Waals surface area contributed by atoms with Gasteiger partial charge in [0.15, 0.2) is 0 Å². The van der Waals surface area contributed by atoms with E-state index in [9.17, 15) is 0 Å². The fourth-order valence-corrected chi connectivity index (χ4v) is 0. The summed E-state index contributed by atoms with van der Waals surface area (Å²) in [7, 11) is 0. The van der Waals surface area contributed by atoms with Crippen LogP contribution >= 0.6 is 12.2 Å². The molecule has 0 aliphatic carbocycles. The van der Waals surface area contributed by atoms with Crippen molar-refractivity contribution in [2.24, 2.45) is 0 Å². The molecule has 0 saturated carbocycles. The first-order valence-electron chi connectivity index (χ1n) is 0.428. The summed E-state index contributed by atoms with van der Waals surface area (Å²) in [5.41, 5.74) is 0. The van der Waals surface area contributed by atoms with Crippen LogP contribution in [-0.4, -0.2) is 5.16 Å². The SMILES string of the molecule is [Cl-].[Cl-].[Co+3].[N-]=C=S.[NH2-].[NH2-].[NH2-].[NH2-].[NH2-]. The van der Waals surface area contributed by atoms with E-state index in [0.29, 0.717) is 0 Å². The number of hydrogen-bond acceptors (Lipinski definition) is 1. The molecule has 0 aromatic rings. The molecule has 0 aromatic carbocycles. The third-order valence-electron chi connectivity index (χ3n) is 0. The van der Waals surface area contributed by atoms with Gasteiger partial charge in [-0.25, -0.2) is 0 Å². The maximum absolute atomic E-state index is 7.13. The van der Waals surface area contributed by atoms with E-state index in [1.54, 1.807) is 0 Å². The average Bonchev–Trinajstić information content (AvgIpc) is 0.918. The van der Waals surface area contributed by atoms with Crippen LogP contribution in [-0.2, 0) is 16.8 Å². The summed E-state index contributed by atoms with van der Waals surface area (Å²) >= 11 is 3.70. The van der Waals surface area contributed by atoms with Crippen LogP contribution in [0.25, 0.3) is 36.2 Å². The Morgan fingerprint density at radius 1 is 0.818 bits per heavy atom. The van der Waals surface area contributed by atoms with Gasteiger partial charge in [-0.3, -0.25) is 0 Å². The van der Waals surface area contributed by atoms with E-state index < -0.39 is 0 Å². The molecule has 11 heavy (non-hydrogen) atoms. The van der Waals surface area contributed by atoms with Crippen molar-refractivity contribution in [2.45, 2.75) is 0 Å². The minimum absolute atomic E-state index is 0. The Morgan fingerprint density at radius 2 is 0.818 bits per heavy atom. The standard InChI is InChI=1S/CNS.2ClH.Co.5H2N/c2-1-3;;;;;;;;/h;2*1H;;5*1H2/q-1;;;+3;5*-1/p-2. The third-order valence-corrected chi connectivity index (χ3v) is 0. The first-order chi connectivity index (χ1) is 1.41. The van der Waals surface area contributed by atoms with E-state index in [1.165, 1.54) is 5.16 Å². The van der Waals surface area contributed by atoms with Crippen LogP contribution in [0.2, 0.25) is 0 Å². The molecule has 0 aliphatic rings. The average molecular weight is 268 g/mol. The Labute approximate surface area is 95.1 Å². The van der Waals surface area contributed by atoms with Gasteiger partial charge in [0.1, 0.15) is 0 Å². The van der Waals surface area contributed by atoms with E-state index in [-0.39, 0.29) is 72.3 Å². The van der Waals surface area contributed by atoms with Crippen LogP contribution in [0.1, 0.15) is 0 Å². The molecule has 6 nitrogen and oxygen atoms in total. The second-order valence-electron chi connectivity index (χ2n) is 0.0913. The summed E-state index contributed by atoms with van der Waals surface area (Å²) in [4.78, 5) is 0. The van der Waals surface area contributed by atoms with Gasteiger partial charge >= 0.3 is 16.8 Å². The van der Waals surface area contributed by atoms with Crippen LogP contribution in [0.5, 0.6) is 0 Å². The molecule has 0 amide bonds. The van der Waals surface area contributed by atoms with Gasteiger partial charge in [-0.1, -0.05) is 12.2 Å². The summed E-state index contributed by atoms with van der Waals surface area (Å²) in [6.07, 6.45) is 0. The summed E-state index contributed by atoms with van der Waals surface area (Å²) in [6.45, 7) is 0. The van der Waals surface area contributed by atoms with Gasteiger partial charge in [0, 0.05) is 0 Å². The van der Waals surface area contributed by atoms with E-state index in [2.05, 4.69) is 12.2 Å². The maximum atomic E-state index is 7.13. The second kappa shape index (κ2) is 353. The van der Waals surface area contributed by atoms with Crippen molar-refractivity contribution in [3.8, 4) is 0 Å². The topological polar surface area (TPSA) is 190 Å². The van der Waals surface area contributed by atoms with Crippen molar-refractivity contribution >= 4 is 17.4 Å². The molecule has 0 aromatic heterocycles. The maximum Gasteiger partial charge on any atom is 3.00 e. The zero-order valence-corrected chi connectivity index (χ0v) is 8.70. The van der Waals surface area contributed by atoms with Gasteiger partial charge < -0.3 is 61.0 Å². The zero-order valence-electron chi connectivity index (χ0n) is 5.33. The molecule has 0 unspecified atom stereocenters. The molecular weight excluding hydrogens is 258 g/mol. The van der Waals surface area contributed by atoms with Crippen molar-refractivity contribution in [3.63, 3.8) is 0 Å². The molecule has 0 aliphatic heterocycles. The predicted molar refractivity (Wildman–Crippen MR) is 42.4 cm³/mol. The van der Waals surface area contributed by atoms with E-state index in [0.717, 1.165) is 0 Å². The quantitative estimate of drug-likeness (QED) is 0.365. The fraction of sp³-hybridized carbons (Fsp3) is 0. The van der Waals surface area contributed by atoms with E-state index in [4.69, 9.17) is 5.41 Å². The van der Waals surface area contributed by atoms with Crippen LogP contribution in [0.3, 0.4) is 0 Å². The molecule has 10 heteroatoms. The summed E-state index contributed by atoms with van der Waals surface area (Å²) in [5, 5.41) is 8.47. The zero-order chi connectivity index (χ0) is 2.71. The van der Waals surface area contributed by atoms with Crippen LogP contribution in [0.15, 0.2) is 0 Å². The number of nitrogens with two attached hydrogens (primary N) is 5. The molecule has 0 saturated heterocycles. The van der Waals surface area contributed by atoms with Gasteiger partial charge in [0.05, 0.1) is 0 Å². The Balaban J connectivity index is -0.000000000714. The summed E-state index contributed by atoms with van der Waals surface area (Å²) in [5.74, 6) is 0. The normalized spacial score (nSPS) is 0.727. The smallest absolute Gasteiger partial charge is 1.00 e. The van der Waals surface area contributed by atoms with Crippen molar-refractivity contribution in [1.82, 2.24) is 0 Å². The first-order valence-corrected chi connectivity index (χ1v) is 0.836. The van der Waals surface area contributed by atoms with E-state index >= 15 is 0 Å². The van der Waals surface area contributed by atoms with Crippen molar-refractivity contribution in [1.29, 1.82) is 0 Å². The minimum atomic E-state index is 0. The second-order valence-corrected chi connectivity index (χ2v) is 0.274. The molecule has 78 valence electrons. The summed E-state index contributed by atoms with van der Waals surface area (Å²) < 4.78 is 0. The number of rotatable bonds is 0. The molecule has 10 N–H and O–H groups in total. The van der Waals surface area contributed by atoms with E-state index in [1.807, 2.05) is 0 Å². The molecule has 0 bridgehead atoms. The Bertz CT molecular complexity index is 41.6. The van der Waals surface area contributed by atoms with Gasteiger partial charge in [-0.15, -0.1) is 0 Å². The summed E-state index contributed by atoms with van der Waals surface area (Å²) in [6, 6.07) is 0. The Kier molecular flexibility index (Phi) is 5930. The van der Waals surface area contributed by atoms with Crippen LogP contribution in [0.4, 0.5) is 0 Å². The third kappa shape index (κ3) is 1710. The predicted octanol–water partition coefficient (Wildman–Crippen LogP) is -1.75. The largest absolute Gasteiger partial charge is 3.00 e. The Hall–Kier alpha value is 0.686. The van der Waals surface area contributed by atoms with Gasteiger partial charge in [-0.05, 0) is 0 Å². The van der Waals surface area contributed by atoms with Crippen molar-refractivity contribution < 1.29 is 41.6 Å². The van der Waals surface area contributed by atoms with Gasteiger partial charge in [0.2, 0.25) is 0 Å². The molecule has 0 spiro atoms. The van der Waals surface area contributed by atoms with Crippen molar-refractivity contribution in [3.05, 3.63) is 36.2 Å². The molecule has 0 fully saturated rings. The molecular formula is CH10Cl2CoN6S-5. The monoisotopic (exact) mass is 267 g/mol. The Morgan fingerprint density at radius 3 is 0.818 bits per heavy atom. The van der Waals surface area contributed by atoms with Crippen LogP contribution < -0.4 is 24.8 Å². The van der Waals surface area contributed by atoms with Gasteiger partial charge in [-0.2, -0.15) is 5.16 Å². The number of thiocarbonyl (C=S) groups is 1. The van der Waals surface area contributed by atoms with Gasteiger partial charge in [0.25, 0.3) is 0 Å². The van der Waals surface area contributed by atoms with Crippen LogP contribution in [0, 0.1) is 0 Å². The number of hydrogen-bond donors (Lipinski definition) is 0.